The van der Waals surface area contributed by atoms with E-state index in [2.05, 4.69) is 21.4 Å². The molecule has 0 saturated carbocycles. The summed E-state index contributed by atoms with van der Waals surface area (Å²) in [7, 11) is 0. The van der Waals surface area contributed by atoms with Gasteiger partial charge in [0, 0.05) is 13.0 Å². The molecule has 2 heterocycles. The number of rotatable bonds is 9. The number of oxime groups is 1. The lowest BCUT2D eigenvalue weighted by Gasteiger charge is -2.36. The first-order chi connectivity index (χ1) is 18.0. The van der Waals surface area contributed by atoms with Crippen LogP contribution in [0.15, 0.2) is 59.8 Å². The number of fused-ring (bicyclic) bond motifs is 2. The maximum absolute atomic E-state index is 14.6. The van der Waals surface area contributed by atoms with E-state index in [9.17, 15) is 19.5 Å². The molecule has 0 bridgehead atoms. The van der Waals surface area contributed by atoms with Crippen LogP contribution in [-0.4, -0.2) is 65.7 Å². The van der Waals surface area contributed by atoms with Gasteiger partial charge in [0.25, 0.3) is 5.91 Å². The van der Waals surface area contributed by atoms with Crippen molar-refractivity contribution in [2.24, 2.45) is 5.16 Å². The van der Waals surface area contributed by atoms with Crippen molar-refractivity contribution < 1.29 is 29.0 Å². The van der Waals surface area contributed by atoms with Gasteiger partial charge in [0.05, 0.1) is 6.04 Å². The number of carbonyl (C=O) groups is 1. The Morgan fingerprint density at radius 1 is 1.08 bits per heavy atom. The van der Waals surface area contributed by atoms with Gasteiger partial charge in [-0.15, -0.1) is 0 Å². The number of nitrogens with zero attached hydrogens (tertiary/aromatic N) is 2. The molecule has 0 radical (unpaired) electrons. The van der Waals surface area contributed by atoms with Crippen molar-refractivity contribution in [3.8, 4) is 11.5 Å². The van der Waals surface area contributed by atoms with Crippen molar-refractivity contribution in [1.29, 1.82) is 0 Å². The van der Waals surface area contributed by atoms with Gasteiger partial charge in [0.2, 0.25) is 0 Å². The summed E-state index contributed by atoms with van der Waals surface area (Å²) in [4.78, 5) is 15.2. The van der Waals surface area contributed by atoms with Crippen molar-refractivity contribution >= 4 is 22.4 Å². The lowest BCUT2D eigenvalue weighted by molar-refractivity contribution is -0.116. The Hall–Kier alpha value is -3.69. The van der Waals surface area contributed by atoms with E-state index < -0.39 is 23.9 Å². The molecule has 1 saturated heterocycles. The van der Waals surface area contributed by atoms with E-state index in [0.29, 0.717) is 13.0 Å². The average Bonchev–Trinajstić information content (AvgIpc) is 2.89. The van der Waals surface area contributed by atoms with E-state index in [1.807, 2.05) is 36.4 Å². The Kier molecular flexibility index (Phi) is 7.52. The normalized spacial score (nSPS) is 17.2. The van der Waals surface area contributed by atoms with Gasteiger partial charge in [0.1, 0.15) is 25.0 Å². The molecular formula is C28H30FN3O5. The lowest BCUT2D eigenvalue weighted by atomic mass is 9.98. The molecule has 0 spiro atoms. The molecule has 194 valence electrons. The Morgan fingerprint density at radius 2 is 1.86 bits per heavy atom. The van der Waals surface area contributed by atoms with E-state index >= 15 is 0 Å². The second-order valence-corrected chi connectivity index (χ2v) is 9.43. The van der Waals surface area contributed by atoms with Crippen molar-refractivity contribution in [2.75, 3.05) is 32.8 Å². The van der Waals surface area contributed by atoms with Crippen molar-refractivity contribution in [3.63, 3.8) is 0 Å². The third kappa shape index (κ3) is 5.68. The topological polar surface area (TPSA) is 104 Å². The number of ether oxygens (including phenoxy) is 2. The average molecular weight is 508 g/mol. The molecule has 0 aliphatic carbocycles. The molecule has 3 aromatic rings. The Morgan fingerprint density at radius 3 is 2.62 bits per heavy atom. The number of aliphatic hydroxyl groups is 1. The molecule has 2 aliphatic rings. The molecule has 5 rings (SSSR count). The summed E-state index contributed by atoms with van der Waals surface area (Å²) in [6.45, 7) is 2.59. The molecule has 3 aromatic carbocycles. The van der Waals surface area contributed by atoms with E-state index in [0.717, 1.165) is 35.8 Å². The van der Waals surface area contributed by atoms with Crippen LogP contribution in [0.3, 0.4) is 0 Å². The Bertz CT molecular complexity index is 1310. The minimum absolute atomic E-state index is 0.0221. The maximum Gasteiger partial charge on any atom is 0.269 e. The second kappa shape index (κ2) is 11.1. The second-order valence-electron chi connectivity index (χ2n) is 9.43. The van der Waals surface area contributed by atoms with Crippen LogP contribution in [0.4, 0.5) is 4.39 Å². The van der Waals surface area contributed by atoms with Gasteiger partial charge in [-0.2, -0.15) is 0 Å². The van der Waals surface area contributed by atoms with Crippen LogP contribution in [0.1, 0.15) is 30.1 Å². The van der Waals surface area contributed by atoms with Gasteiger partial charge in [-0.25, -0.2) is 4.39 Å². The van der Waals surface area contributed by atoms with Crippen molar-refractivity contribution in [2.45, 2.75) is 31.4 Å². The van der Waals surface area contributed by atoms with Crippen LogP contribution in [0, 0.1) is 5.82 Å². The summed E-state index contributed by atoms with van der Waals surface area (Å²) in [5.74, 6) is -0.963. The minimum Gasteiger partial charge on any atom is -0.486 e. The minimum atomic E-state index is -1.21. The standard InChI is InChI=1S/C28H30FN3O5/c29-22-15-21(16-25-27(22)37-13-12-36-25)26(33)24(17-32-10-3-11-32)30-28(34)23(31-35)9-7-18-6-8-19-4-1-2-5-20(19)14-18/h1-2,4-6,8,14-16,24,26,33,35H,3,7,9-13,17H2,(H,30,34)/b31-23+/t24-,26-/m1/s1. The lowest BCUT2D eigenvalue weighted by Crippen LogP contribution is -2.52. The number of aliphatic hydroxyl groups excluding tert-OH is 1. The zero-order valence-electron chi connectivity index (χ0n) is 20.4. The first-order valence-corrected chi connectivity index (χ1v) is 12.5. The largest absolute Gasteiger partial charge is 0.486 e. The SMILES string of the molecule is O=C(N[C@H](CN1CCC1)[C@H](O)c1cc(F)c2c(c1)OCCO2)/C(CCc1ccc2ccccc2c1)=N/O. The van der Waals surface area contributed by atoms with Crippen molar-refractivity contribution in [1.82, 2.24) is 10.2 Å². The maximum atomic E-state index is 14.6. The smallest absolute Gasteiger partial charge is 0.269 e. The van der Waals surface area contributed by atoms with Gasteiger partial charge >= 0.3 is 0 Å². The highest BCUT2D eigenvalue weighted by Gasteiger charge is 2.30. The molecular weight excluding hydrogens is 477 g/mol. The third-order valence-electron chi connectivity index (χ3n) is 6.91. The van der Waals surface area contributed by atoms with E-state index in [1.165, 1.54) is 12.1 Å². The molecule has 37 heavy (non-hydrogen) atoms. The number of amides is 1. The first-order valence-electron chi connectivity index (χ1n) is 12.5. The third-order valence-corrected chi connectivity index (χ3v) is 6.91. The van der Waals surface area contributed by atoms with E-state index in [4.69, 9.17) is 9.47 Å². The highest BCUT2D eigenvalue weighted by Crippen LogP contribution is 2.36. The number of nitrogens with one attached hydrogen (secondary N) is 1. The van der Waals surface area contributed by atoms with Crippen LogP contribution in [0.25, 0.3) is 10.8 Å². The van der Waals surface area contributed by atoms with Crippen molar-refractivity contribution in [3.05, 3.63) is 71.5 Å². The molecule has 2 aliphatic heterocycles. The van der Waals surface area contributed by atoms with Gasteiger partial charge in [-0.3, -0.25) is 4.79 Å². The van der Waals surface area contributed by atoms with E-state index in [-0.39, 0.29) is 42.4 Å². The molecule has 2 atom stereocenters. The van der Waals surface area contributed by atoms with Crippen LogP contribution in [0.5, 0.6) is 11.5 Å². The fourth-order valence-corrected chi connectivity index (χ4v) is 4.72. The Balaban J connectivity index is 1.29. The number of likely N-dealkylation sites (tertiary alicyclic amines) is 1. The molecule has 3 N–H and O–H groups in total. The Labute approximate surface area is 214 Å². The fraction of sp³-hybridized carbons (Fsp3) is 0.357. The molecule has 0 aromatic heterocycles. The summed E-state index contributed by atoms with van der Waals surface area (Å²) < 4.78 is 25.5. The quantitative estimate of drug-likeness (QED) is 0.233. The summed E-state index contributed by atoms with van der Waals surface area (Å²) in [5, 5.41) is 29.1. The van der Waals surface area contributed by atoms with Crippen LogP contribution in [-0.2, 0) is 11.2 Å². The fourth-order valence-electron chi connectivity index (χ4n) is 4.72. The number of aryl methyl sites for hydroxylation is 1. The van der Waals surface area contributed by atoms with Gasteiger partial charge in [-0.1, -0.05) is 47.6 Å². The highest BCUT2D eigenvalue weighted by atomic mass is 19.1. The summed E-state index contributed by atoms with van der Waals surface area (Å²) >= 11 is 0. The van der Waals surface area contributed by atoms with E-state index in [1.54, 1.807) is 0 Å². The van der Waals surface area contributed by atoms with Crippen LogP contribution in [0.2, 0.25) is 0 Å². The number of carbonyl (C=O) groups excluding carboxylic acids is 1. The monoisotopic (exact) mass is 507 g/mol. The number of hydrogen-bond donors (Lipinski definition) is 3. The summed E-state index contributed by atoms with van der Waals surface area (Å²) in [6, 6.07) is 16.0. The molecule has 1 fully saturated rings. The zero-order chi connectivity index (χ0) is 25.8. The predicted molar refractivity (Wildman–Crippen MR) is 137 cm³/mol. The summed E-state index contributed by atoms with van der Waals surface area (Å²) in [6.07, 6.45) is 0.538. The number of benzene rings is 3. The van der Waals surface area contributed by atoms with Gasteiger partial charge < -0.3 is 30.0 Å². The summed E-state index contributed by atoms with van der Waals surface area (Å²) in [5.41, 5.74) is 1.24. The zero-order valence-corrected chi connectivity index (χ0v) is 20.4. The first kappa shape index (κ1) is 25.0. The predicted octanol–water partition coefficient (Wildman–Crippen LogP) is 3.44. The molecule has 0 unspecified atom stereocenters. The van der Waals surface area contributed by atoms with Gasteiger partial charge in [0.15, 0.2) is 17.3 Å². The molecule has 1 amide bonds. The number of hydrogen-bond acceptors (Lipinski definition) is 7. The highest BCUT2D eigenvalue weighted by molar-refractivity contribution is 6.38. The number of halogens is 1. The van der Waals surface area contributed by atoms with Crippen LogP contribution >= 0.6 is 0 Å². The van der Waals surface area contributed by atoms with Gasteiger partial charge in [-0.05, 0) is 60.0 Å². The molecule has 8 nitrogen and oxygen atoms in total. The molecule has 9 heteroatoms. The van der Waals surface area contributed by atoms with Crippen LogP contribution < -0.4 is 14.8 Å².